The standard InChI is InChI=1S/C10H15I2N/c1-10(2,3)9-4-7(5-11)8(6-12)13-9/h4,13H,5-6H2,1-3H3. The monoisotopic (exact) mass is 403 g/mol. The van der Waals surface area contributed by atoms with Crippen LogP contribution in [0.2, 0.25) is 0 Å². The van der Waals surface area contributed by atoms with Crippen molar-refractivity contribution in [3.05, 3.63) is 23.0 Å². The second kappa shape index (κ2) is 4.51. The summed E-state index contributed by atoms with van der Waals surface area (Å²) in [5, 5.41) is 0. The van der Waals surface area contributed by atoms with Crippen molar-refractivity contribution >= 4 is 45.2 Å². The Bertz CT molecular complexity index is 262. The largest absolute Gasteiger partial charge is 0.361 e. The zero-order valence-electron chi connectivity index (χ0n) is 8.25. The maximum atomic E-state index is 3.51. The Morgan fingerprint density at radius 3 is 2.15 bits per heavy atom. The van der Waals surface area contributed by atoms with Crippen LogP contribution in [-0.2, 0) is 14.3 Å². The molecule has 0 aromatic carbocycles. The van der Waals surface area contributed by atoms with Crippen LogP contribution in [0.1, 0.15) is 37.7 Å². The van der Waals surface area contributed by atoms with Gasteiger partial charge in [-0.25, -0.2) is 0 Å². The van der Waals surface area contributed by atoms with E-state index in [4.69, 9.17) is 0 Å². The quantitative estimate of drug-likeness (QED) is 0.564. The number of hydrogen-bond acceptors (Lipinski definition) is 0. The van der Waals surface area contributed by atoms with Crippen molar-refractivity contribution in [2.24, 2.45) is 0 Å². The van der Waals surface area contributed by atoms with Crippen molar-refractivity contribution in [1.82, 2.24) is 4.98 Å². The first-order valence-corrected chi connectivity index (χ1v) is 7.37. The van der Waals surface area contributed by atoms with Gasteiger partial charge in [0.05, 0.1) is 0 Å². The molecular formula is C10H15I2N. The summed E-state index contributed by atoms with van der Waals surface area (Å²) in [5.41, 5.74) is 4.44. The number of aromatic nitrogens is 1. The van der Waals surface area contributed by atoms with Crippen molar-refractivity contribution in [2.45, 2.75) is 35.0 Å². The molecule has 0 spiro atoms. The van der Waals surface area contributed by atoms with Gasteiger partial charge in [-0.1, -0.05) is 66.0 Å². The molecule has 13 heavy (non-hydrogen) atoms. The predicted molar refractivity (Wildman–Crippen MR) is 74.9 cm³/mol. The molecule has 0 unspecified atom stereocenters. The third-order valence-electron chi connectivity index (χ3n) is 2.08. The molecule has 0 fully saturated rings. The molecule has 1 N–H and O–H groups in total. The molecule has 0 aliphatic rings. The third-order valence-corrected chi connectivity index (χ3v) is 3.66. The molecule has 0 aliphatic heterocycles. The van der Waals surface area contributed by atoms with Crippen LogP contribution in [0.25, 0.3) is 0 Å². The van der Waals surface area contributed by atoms with Crippen molar-refractivity contribution in [2.75, 3.05) is 0 Å². The first-order valence-electron chi connectivity index (χ1n) is 4.32. The molecule has 0 saturated heterocycles. The molecule has 0 radical (unpaired) electrons. The summed E-state index contributed by atoms with van der Waals surface area (Å²) in [7, 11) is 0. The molecule has 1 aromatic heterocycles. The summed E-state index contributed by atoms with van der Waals surface area (Å²) in [6.45, 7) is 6.73. The Labute approximate surface area is 107 Å². The maximum absolute atomic E-state index is 3.51. The fourth-order valence-electron chi connectivity index (χ4n) is 1.18. The minimum atomic E-state index is 0.241. The van der Waals surface area contributed by atoms with Crippen molar-refractivity contribution < 1.29 is 0 Å². The van der Waals surface area contributed by atoms with E-state index >= 15 is 0 Å². The Kier molecular flexibility index (Phi) is 4.09. The second-order valence-corrected chi connectivity index (χ2v) is 5.73. The van der Waals surface area contributed by atoms with Crippen LogP contribution in [0, 0.1) is 0 Å². The summed E-state index contributed by atoms with van der Waals surface area (Å²) in [4.78, 5) is 3.51. The van der Waals surface area contributed by atoms with E-state index in [1.807, 2.05) is 0 Å². The third kappa shape index (κ3) is 2.84. The zero-order chi connectivity index (χ0) is 10.1. The van der Waals surface area contributed by atoms with Crippen LogP contribution in [0.4, 0.5) is 0 Å². The Morgan fingerprint density at radius 1 is 1.23 bits per heavy atom. The second-order valence-electron chi connectivity index (χ2n) is 4.20. The number of H-pyrrole nitrogens is 1. The van der Waals surface area contributed by atoms with E-state index < -0.39 is 0 Å². The van der Waals surface area contributed by atoms with Crippen molar-refractivity contribution in [3.63, 3.8) is 0 Å². The molecular weight excluding hydrogens is 388 g/mol. The maximum Gasteiger partial charge on any atom is 0.0401 e. The number of hydrogen-bond donors (Lipinski definition) is 1. The van der Waals surface area contributed by atoms with E-state index in [1.165, 1.54) is 17.0 Å². The van der Waals surface area contributed by atoms with Crippen LogP contribution in [0.5, 0.6) is 0 Å². The van der Waals surface area contributed by atoms with Gasteiger partial charge in [0.15, 0.2) is 0 Å². The number of alkyl halides is 2. The molecule has 0 aliphatic carbocycles. The molecule has 1 nitrogen and oxygen atoms in total. The summed E-state index contributed by atoms with van der Waals surface area (Å²) in [5.74, 6) is 0. The lowest BCUT2D eigenvalue weighted by Gasteiger charge is -2.15. The lowest BCUT2D eigenvalue weighted by molar-refractivity contribution is 0.571. The number of rotatable bonds is 2. The highest BCUT2D eigenvalue weighted by atomic mass is 127. The van der Waals surface area contributed by atoms with Crippen LogP contribution in [0.15, 0.2) is 6.07 Å². The van der Waals surface area contributed by atoms with Gasteiger partial charge < -0.3 is 4.98 Å². The average Bonchev–Trinajstić information content (AvgIpc) is 2.45. The molecule has 0 atom stereocenters. The predicted octanol–water partition coefficient (Wildman–Crippen LogP) is 4.18. The van der Waals surface area contributed by atoms with Gasteiger partial charge in [-0.3, -0.25) is 0 Å². The highest BCUT2D eigenvalue weighted by molar-refractivity contribution is 14.1. The molecule has 3 heteroatoms. The highest BCUT2D eigenvalue weighted by Crippen LogP contribution is 2.26. The van der Waals surface area contributed by atoms with Gasteiger partial charge in [-0.2, -0.15) is 0 Å². The van der Waals surface area contributed by atoms with E-state index in [1.54, 1.807) is 0 Å². The van der Waals surface area contributed by atoms with Gasteiger partial charge in [0, 0.05) is 25.7 Å². The number of nitrogens with one attached hydrogen (secondary N) is 1. The first kappa shape index (κ1) is 11.8. The number of aromatic amines is 1. The summed E-state index contributed by atoms with van der Waals surface area (Å²) < 4.78 is 2.18. The van der Waals surface area contributed by atoms with E-state index in [9.17, 15) is 0 Å². The SMILES string of the molecule is CC(C)(C)c1cc(CI)c(CI)[nH]1. The van der Waals surface area contributed by atoms with Gasteiger partial charge in [0.25, 0.3) is 0 Å². The summed E-state index contributed by atoms with van der Waals surface area (Å²) in [6.07, 6.45) is 0. The van der Waals surface area contributed by atoms with E-state index in [-0.39, 0.29) is 5.41 Å². The van der Waals surface area contributed by atoms with E-state index in [0.29, 0.717) is 0 Å². The van der Waals surface area contributed by atoms with E-state index in [0.717, 1.165) is 8.86 Å². The normalized spacial score (nSPS) is 12.1. The van der Waals surface area contributed by atoms with Crippen LogP contribution < -0.4 is 0 Å². The fraction of sp³-hybridized carbons (Fsp3) is 0.600. The average molecular weight is 403 g/mol. The lowest BCUT2D eigenvalue weighted by atomic mass is 9.92. The van der Waals surface area contributed by atoms with Crippen molar-refractivity contribution in [1.29, 1.82) is 0 Å². The first-order chi connectivity index (χ1) is 5.99. The molecule has 0 bridgehead atoms. The molecule has 74 valence electrons. The molecule has 0 saturated carbocycles. The topological polar surface area (TPSA) is 15.8 Å². The Balaban J connectivity index is 3.07. The van der Waals surface area contributed by atoms with Crippen LogP contribution in [0.3, 0.4) is 0 Å². The Morgan fingerprint density at radius 2 is 1.85 bits per heavy atom. The smallest absolute Gasteiger partial charge is 0.0401 e. The van der Waals surface area contributed by atoms with Gasteiger partial charge in [-0.15, -0.1) is 0 Å². The Hall–Kier alpha value is 0.740. The molecule has 0 amide bonds. The lowest BCUT2D eigenvalue weighted by Crippen LogP contribution is -2.11. The molecule has 1 heterocycles. The van der Waals surface area contributed by atoms with Gasteiger partial charge >= 0.3 is 0 Å². The van der Waals surface area contributed by atoms with Crippen LogP contribution >= 0.6 is 45.2 Å². The van der Waals surface area contributed by atoms with Gasteiger partial charge in [0.2, 0.25) is 0 Å². The molecule has 1 aromatic rings. The molecule has 1 rings (SSSR count). The number of halogens is 2. The van der Waals surface area contributed by atoms with E-state index in [2.05, 4.69) is 77.0 Å². The minimum absolute atomic E-state index is 0.241. The van der Waals surface area contributed by atoms with Crippen LogP contribution in [-0.4, -0.2) is 4.98 Å². The van der Waals surface area contributed by atoms with Crippen molar-refractivity contribution in [3.8, 4) is 0 Å². The fourth-order valence-corrected chi connectivity index (χ4v) is 2.54. The summed E-state index contributed by atoms with van der Waals surface area (Å²) in [6, 6.07) is 2.31. The van der Waals surface area contributed by atoms with Gasteiger partial charge in [0.1, 0.15) is 0 Å². The zero-order valence-corrected chi connectivity index (χ0v) is 12.6. The summed E-state index contributed by atoms with van der Waals surface area (Å²) >= 11 is 4.83. The minimum Gasteiger partial charge on any atom is -0.361 e. The highest BCUT2D eigenvalue weighted by Gasteiger charge is 2.17. The van der Waals surface area contributed by atoms with Gasteiger partial charge in [-0.05, 0) is 11.6 Å².